The third kappa shape index (κ3) is 5.77. The number of anilines is 1. The SMILES string of the molecule is C=CCn1c(SCC(=O)Nc2ccccc2Cl)nnc1[C@@H](C)NC(=O)c1ccccc1C. The van der Waals surface area contributed by atoms with Crippen LogP contribution < -0.4 is 10.6 Å². The predicted molar refractivity (Wildman–Crippen MR) is 128 cm³/mol. The number of hydrogen-bond acceptors (Lipinski definition) is 5. The fourth-order valence-electron chi connectivity index (χ4n) is 3.07. The zero-order valence-corrected chi connectivity index (χ0v) is 19.4. The molecule has 166 valence electrons. The molecule has 7 nitrogen and oxygen atoms in total. The van der Waals surface area contributed by atoms with Gasteiger partial charge in [0, 0.05) is 12.1 Å². The van der Waals surface area contributed by atoms with Gasteiger partial charge >= 0.3 is 0 Å². The van der Waals surface area contributed by atoms with Crippen molar-refractivity contribution in [3.8, 4) is 0 Å². The molecule has 0 radical (unpaired) electrons. The Kier molecular flexibility index (Phi) is 8.08. The number of aromatic nitrogens is 3. The van der Waals surface area contributed by atoms with Crippen molar-refractivity contribution >= 4 is 40.9 Å². The lowest BCUT2D eigenvalue weighted by atomic mass is 10.1. The van der Waals surface area contributed by atoms with Crippen molar-refractivity contribution in [1.29, 1.82) is 0 Å². The second-order valence-corrected chi connectivity index (χ2v) is 8.42. The third-order valence-corrected chi connectivity index (χ3v) is 5.96. The molecule has 0 aliphatic heterocycles. The molecular formula is C23H24ClN5O2S. The molecule has 0 unspecified atom stereocenters. The summed E-state index contributed by atoms with van der Waals surface area (Å²) in [4.78, 5) is 25.0. The van der Waals surface area contributed by atoms with Gasteiger partial charge in [0.2, 0.25) is 5.91 Å². The minimum absolute atomic E-state index is 0.129. The summed E-state index contributed by atoms with van der Waals surface area (Å²) >= 11 is 7.34. The van der Waals surface area contributed by atoms with E-state index in [0.29, 0.717) is 33.8 Å². The molecule has 1 heterocycles. The minimum atomic E-state index is -0.388. The molecule has 2 N–H and O–H groups in total. The molecule has 32 heavy (non-hydrogen) atoms. The summed E-state index contributed by atoms with van der Waals surface area (Å²) in [6, 6.07) is 14.1. The van der Waals surface area contributed by atoms with E-state index in [2.05, 4.69) is 27.4 Å². The smallest absolute Gasteiger partial charge is 0.252 e. The Morgan fingerprint density at radius 3 is 2.62 bits per heavy atom. The number of hydrogen-bond donors (Lipinski definition) is 2. The van der Waals surface area contributed by atoms with Crippen LogP contribution in [-0.2, 0) is 11.3 Å². The van der Waals surface area contributed by atoms with Crippen molar-refractivity contribution in [3.63, 3.8) is 0 Å². The Morgan fingerprint density at radius 1 is 1.19 bits per heavy atom. The normalized spacial score (nSPS) is 11.6. The van der Waals surface area contributed by atoms with Crippen molar-refractivity contribution in [2.24, 2.45) is 0 Å². The van der Waals surface area contributed by atoms with Crippen LogP contribution in [-0.4, -0.2) is 32.3 Å². The summed E-state index contributed by atoms with van der Waals surface area (Å²) in [6.45, 7) is 7.97. The van der Waals surface area contributed by atoms with Gasteiger partial charge in [0.1, 0.15) is 0 Å². The maximum absolute atomic E-state index is 12.7. The number of allylic oxidation sites excluding steroid dienone is 1. The van der Waals surface area contributed by atoms with Crippen molar-refractivity contribution in [2.45, 2.75) is 31.6 Å². The second kappa shape index (κ2) is 11.0. The van der Waals surface area contributed by atoms with E-state index in [1.165, 1.54) is 11.8 Å². The first-order valence-corrected chi connectivity index (χ1v) is 11.3. The molecule has 0 aliphatic carbocycles. The van der Waals surface area contributed by atoms with Crippen molar-refractivity contribution < 1.29 is 9.59 Å². The maximum atomic E-state index is 12.7. The lowest BCUT2D eigenvalue weighted by molar-refractivity contribution is -0.113. The highest BCUT2D eigenvalue weighted by atomic mass is 35.5. The van der Waals surface area contributed by atoms with Gasteiger partial charge < -0.3 is 15.2 Å². The van der Waals surface area contributed by atoms with Crippen molar-refractivity contribution in [1.82, 2.24) is 20.1 Å². The first kappa shape index (κ1) is 23.6. The van der Waals surface area contributed by atoms with Crippen LogP contribution >= 0.6 is 23.4 Å². The molecule has 2 aromatic carbocycles. The Morgan fingerprint density at radius 2 is 1.91 bits per heavy atom. The van der Waals surface area contributed by atoms with Crippen LogP contribution in [0.5, 0.6) is 0 Å². The van der Waals surface area contributed by atoms with Crippen molar-refractivity contribution in [3.05, 3.63) is 83.2 Å². The Hall–Kier alpha value is -3.10. The van der Waals surface area contributed by atoms with Gasteiger partial charge in [0.25, 0.3) is 5.91 Å². The van der Waals surface area contributed by atoms with Crippen LogP contribution in [0.3, 0.4) is 0 Å². The van der Waals surface area contributed by atoms with E-state index in [0.717, 1.165) is 5.56 Å². The number of rotatable bonds is 9. The van der Waals surface area contributed by atoms with Gasteiger partial charge in [-0.25, -0.2) is 0 Å². The van der Waals surface area contributed by atoms with E-state index in [-0.39, 0.29) is 23.6 Å². The van der Waals surface area contributed by atoms with Gasteiger partial charge in [-0.15, -0.1) is 16.8 Å². The summed E-state index contributed by atoms with van der Waals surface area (Å²) in [6.07, 6.45) is 1.72. The number of thioether (sulfide) groups is 1. The molecule has 9 heteroatoms. The molecule has 3 aromatic rings. The fourth-order valence-corrected chi connectivity index (χ4v) is 4.01. The fraction of sp³-hybridized carbons (Fsp3) is 0.217. The van der Waals surface area contributed by atoms with Crippen LogP contribution in [0.2, 0.25) is 5.02 Å². The quantitative estimate of drug-likeness (QED) is 0.352. The number of amides is 2. The molecule has 1 atom stereocenters. The molecular weight excluding hydrogens is 446 g/mol. The number of nitrogens with one attached hydrogen (secondary N) is 2. The highest BCUT2D eigenvalue weighted by molar-refractivity contribution is 7.99. The number of para-hydroxylation sites is 1. The van der Waals surface area contributed by atoms with Crippen LogP contribution in [0.4, 0.5) is 5.69 Å². The largest absolute Gasteiger partial charge is 0.342 e. The van der Waals surface area contributed by atoms with E-state index in [9.17, 15) is 9.59 Å². The molecule has 1 aromatic heterocycles. The summed E-state index contributed by atoms with van der Waals surface area (Å²) in [7, 11) is 0. The van der Waals surface area contributed by atoms with Gasteiger partial charge in [0.05, 0.1) is 22.5 Å². The molecule has 0 spiro atoms. The van der Waals surface area contributed by atoms with Crippen molar-refractivity contribution in [2.75, 3.05) is 11.1 Å². The molecule has 0 fully saturated rings. The van der Waals surface area contributed by atoms with E-state index in [1.807, 2.05) is 36.6 Å². The molecule has 0 bridgehead atoms. The minimum Gasteiger partial charge on any atom is -0.342 e. The van der Waals surface area contributed by atoms with E-state index in [1.54, 1.807) is 36.4 Å². The first-order valence-electron chi connectivity index (χ1n) is 9.98. The molecule has 3 rings (SSSR count). The molecule has 0 saturated heterocycles. The summed E-state index contributed by atoms with van der Waals surface area (Å²) in [5.41, 5.74) is 2.06. The Balaban J connectivity index is 1.68. The lowest BCUT2D eigenvalue weighted by Crippen LogP contribution is -2.29. The van der Waals surface area contributed by atoms with Crippen LogP contribution in [0.25, 0.3) is 0 Å². The number of carbonyl (C=O) groups is 2. The van der Waals surface area contributed by atoms with Gasteiger partial charge in [-0.3, -0.25) is 9.59 Å². The first-order chi connectivity index (χ1) is 15.4. The van der Waals surface area contributed by atoms with Crippen LogP contribution in [0.15, 0.2) is 66.3 Å². The number of carbonyl (C=O) groups excluding carboxylic acids is 2. The zero-order chi connectivity index (χ0) is 23.1. The predicted octanol–water partition coefficient (Wildman–Crippen LogP) is 4.65. The van der Waals surface area contributed by atoms with E-state index >= 15 is 0 Å². The van der Waals surface area contributed by atoms with Gasteiger partial charge in [-0.05, 0) is 37.6 Å². The van der Waals surface area contributed by atoms with E-state index in [4.69, 9.17) is 11.6 Å². The average molecular weight is 470 g/mol. The number of aryl methyl sites for hydroxylation is 1. The molecule has 2 amide bonds. The topological polar surface area (TPSA) is 88.9 Å². The van der Waals surface area contributed by atoms with E-state index < -0.39 is 0 Å². The lowest BCUT2D eigenvalue weighted by Gasteiger charge is -2.16. The molecule has 0 saturated carbocycles. The zero-order valence-electron chi connectivity index (χ0n) is 17.8. The Labute approximate surface area is 196 Å². The van der Waals surface area contributed by atoms with Gasteiger partial charge in [0.15, 0.2) is 11.0 Å². The van der Waals surface area contributed by atoms with Crippen LogP contribution in [0.1, 0.15) is 34.7 Å². The highest BCUT2D eigenvalue weighted by Gasteiger charge is 2.21. The number of benzene rings is 2. The Bertz CT molecular complexity index is 1130. The summed E-state index contributed by atoms with van der Waals surface area (Å²) in [5.74, 6) is 0.321. The molecule has 0 aliphatic rings. The second-order valence-electron chi connectivity index (χ2n) is 7.07. The van der Waals surface area contributed by atoms with Crippen LogP contribution in [0, 0.1) is 6.92 Å². The summed E-state index contributed by atoms with van der Waals surface area (Å²) < 4.78 is 1.84. The van der Waals surface area contributed by atoms with Gasteiger partial charge in [-0.2, -0.15) is 0 Å². The highest BCUT2D eigenvalue weighted by Crippen LogP contribution is 2.23. The third-order valence-electron chi connectivity index (χ3n) is 4.66. The maximum Gasteiger partial charge on any atom is 0.252 e. The summed E-state index contributed by atoms with van der Waals surface area (Å²) in [5, 5.41) is 15.3. The number of halogens is 1. The number of nitrogens with zero attached hydrogens (tertiary/aromatic N) is 3. The standard InChI is InChI=1S/C23H24ClN5O2S/c1-4-13-29-21(16(3)25-22(31)17-10-6-5-9-15(17)2)27-28-23(29)32-14-20(30)26-19-12-8-7-11-18(19)24/h4-12,16H,1,13-14H2,2-3H3,(H,25,31)(H,26,30)/t16-/m1/s1. The monoisotopic (exact) mass is 469 g/mol. The average Bonchev–Trinajstić information content (AvgIpc) is 3.17. The van der Waals surface area contributed by atoms with Gasteiger partial charge in [-0.1, -0.05) is 59.8 Å².